The fourth-order valence-electron chi connectivity index (χ4n) is 2.90. The van der Waals surface area contributed by atoms with Crippen LogP contribution in [0.3, 0.4) is 0 Å². The van der Waals surface area contributed by atoms with Crippen LogP contribution in [-0.2, 0) is 9.53 Å². The summed E-state index contributed by atoms with van der Waals surface area (Å²) in [5.74, 6) is 0.133. The lowest BCUT2D eigenvalue weighted by atomic mass is 10.1. The van der Waals surface area contributed by atoms with E-state index in [-0.39, 0.29) is 5.70 Å². The molecule has 36 heavy (non-hydrogen) atoms. The normalized spacial score (nSPS) is 14.3. The van der Waals surface area contributed by atoms with E-state index in [0.29, 0.717) is 23.0 Å². The number of nitrogens with zero attached hydrogens (tertiary/aromatic N) is 2. The second-order valence-electron chi connectivity index (χ2n) is 7.79. The van der Waals surface area contributed by atoms with E-state index >= 15 is 0 Å². The summed E-state index contributed by atoms with van der Waals surface area (Å²) >= 11 is 2.80. The molecule has 11 heteroatoms. The minimum atomic E-state index is -0.409. The van der Waals surface area contributed by atoms with Gasteiger partial charge in [-0.25, -0.2) is 4.98 Å². The van der Waals surface area contributed by atoms with Crippen LogP contribution in [0, 0.1) is 6.92 Å². The van der Waals surface area contributed by atoms with Crippen LogP contribution in [-0.4, -0.2) is 75.6 Å². The van der Waals surface area contributed by atoms with E-state index in [1.807, 2.05) is 26.0 Å². The van der Waals surface area contributed by atoms with E-state index in [4.69, 9.17) is 15.2 Å². The monoisotopic (exact) mass is 533 g/mol. The van der Waals surface area contributed by atoms with Crippen LogP contribution in [0.5, 0.6) is 5.75 Å². The van der Waals surface area contributed by atoms with Gasteiger partial charge in [-0.1, -0.05) is 42.2 Å². The van der Waals surface area contributed by atoms with Crippen molar-refractivity contribution in [1.29, 1.82) is 0 Å². The maximum atomic E-state index is 12.2. The molecule has 1 amide bonds. The third-order valence-corrected chi connectivity index (χ3v) is 7.16. The van der Waals surface area contributed by atoms with E-state index in [0.717, 1.165) is 53.8 Å². The minimum Gasteiger partial charge on any atom is -0.496 e. The number of hydrogen-bond acceptors (Lipinski definition) is 10. The predicted molar refractivity (Wildman–Crippen MR) is 146 cm³/mol. The number of nitrogens with one attached hydrogen (secondary N) is 2. The first-order chi connectivity index (χ1) is 17.4. The van der Waals surface area contributed by atoms with Gasteiger partial charge in [0.1, 0.15) is 5.75 Å². The third kappa shape index (κ3) is 10.1. The van der Waals surface area contributed by atoms with Crippen molar-refractivity contribution in [1.82, 2.24) is 15.2 Å². The SMILES string of the molecule is CCNC/C=C/C=C(\N)C(=O)Nc1ncc(Sc2cc(C=O)c(OC)cc2C)s1.CN1CCOCC1. The van der Waals surface area contributed by atoms with Crippen LogP contribution < -0.4 is 21.1 Å². The average Bonchev–Trinajstić information content (AvgIpc) is 3.32. The Morgan fingerprint density at radius 3 is 2.72 bits per heavy atom. The summed E-state index contributed by atoms with van der Waals surface area (Å²) in [6.45, 7) is 9.57. The third-order valence-electron chi connectivity index (χ3n) is 4.99. The number of aromatic nitrogens is 1. The van der Waals surface area contributed by atoms with E-state index in [2.05, 4.69) is 27.6 Å². The molecule has 0 unspecified atom stereocenters. The highest BCUT2D eigenvalue weighted by molar-refractivity contribution is 8.01. The summed E-state index contributed by atoms with van der Waals surface area (Å²) in [5, 5.41) is 6.28. The number of aldehydes is 1. The molecule has 1 aromatic carbocycles. The van der Waals surface area contributed by atoms with Crippen LogP contribution in [0.4, 0.5) is 5.13 Å². The van der Waals surface area contributed by atoms with Gasteiger partial charge in [-0.05, 0) is 44.3 Å². The molecule has 0 aliphatic carbocycles. The number of allylic oxidation sites excluding steroid dienone is 2. The lowest BCUT2D eigenvalue weighted by molar-refractivity contribution is -0.112. The van der Waals surface area contributed by atoms with Gasteiger partial charge in [0, 0.05) is 24.5 Å². The Morgan fingerprint density at radius 1 is 1.36 bits per heavy atom. The molecule has 1 aliphatic rings. The van der Waals surface area contributed by atoms with Crippen molar-refractivity contribution in [2.75, 3.05) is 58.9 Å². The topological polar surface area (TPSA) is 119 Å². The minimum absolute atomic E-state index is 0.101. The standard InChI is InChI=1S/C20H24N4O3S2.C5H11NO/c1-4-22-8-6-5-7-15(21)19(26)24-20-23-11-18(29-20)28-17-10-14(12-25)16(27-3)9-13(17)2;1-6-2-4-7-5-3-6/h5-7,9-12,22H,4,8,21H2,1-3H3,(H,23,24,26);2-5H2,1H3/b6-5+,15-7-;. The Morgan fingerprint density at radius 2 is 2.11 bits per heavy atom. The van der Waals surface area contributed by atoms with E-state index < -0.39 is 5.91 Å². The van der Waals surface area contributed by atoms with Gasteiger partial charge >= 0.3 is 0 Å². The number of morpholine rings is 1. The fourth-order valence-corrected chi connectivity index (χ4v) is 4.84. The van der Waals surface area contributed by atoms with E-state index in [1.165, 1.54) is 30.2 Å². The van der Waals surface area contributed by atoms with Crippen molar-refractivity contribution in [2.45, 2.75) is 23.0 Å². The van der Waals surface area contributed by atoms with Crippen LogP contribution in [0.1, 0.15) is 22.8 Å². The Bertz CT molecular complexity index is 1050. The zero-order valence-corrected chi connectivity index (χ0v) is 22.8. The number of aryl methyl sites for hydroxylation is 1. The van der Waals surface area contributed by atoms with Gasteiger partial charge in [0.2, 0.25) is 0 Å². The molecule has 1 fully saturated rings. The van der Waals surface area contributed by atoms with Crippen molar-refractivity contribution in [3.8, 4) is 5.75 Å². The van der Waals surface area contributed by atoms with Gasteiger partial charge in [-0.15, -0.1) is 0 Å². The summed E-state index contributed by atoms with van der Waals surface area (Å²) < 4.78 is 11.2. The summed E-state index contributed by atoms with van der Waals surface area (Å²) in [6, 6.07) is 3.61. The van der Waals surface area contributed by atoms with Gasteiger partial charge < -0.3 is 25.4 Å². The quantitative estimate of drug-likeness (QED) is 0.183. The van der Waals surface area contributed by atoms with Gasteiger partial charge in [0.25, 0.3) is 5.91 Å². The van der Waals surface area contributed by atoms with Crippen LogP contribution in [0.2, 0.25) is 0 Å². The first-order valence-corrected chi connectivity index (χ1v) is 13.2. The number of likely N-dealkylation sites (N-methyl/N-ethyl adjacent to an activating group) is 2. The summed E-state index contributed by atoms with van der Waals surface area (Å²) in [6.07, 6.45) is 7.61. The maximum absolute atomic E-state index is 12.2. The highest BCUT2D eigenvalue weighted by Crippen LogP contribution is 2.37. The zero-order chi connectivity index (χ0) is 26.3. The smallest absolute Gasteiger partial charge is 0.273 e. The molecule has 9 nitrogen and oxygen atoms in total. The van der Waals surface area contributed by atoms with Gasteiger partial charge in [-0.2, -0.15) is 0 Å². The Balaban J connectivity index is 0.000000558. The summed E-state index contributed by atoms with van der Waals surface area (Å²) in [7, 11) is 3.65. The Hall–Kier alpha value is -2.70. The number of amides is 1. The number of rotatable bonds is 10. The lowest BCUT2D eigenvalue weighted by Crippen LogP contribution is -2.32. The molecular formula is C25H35N5O4S2. The Labute approximate surface area is 221 Å². The van der Waals surface area contributed by atoms with Crippen LogP contribution in [0.25, 0.3) is 0 Å². The number of thiazole rings is 1. The van der Waals surface area contributed by atoms with Crippen LogP contribution in [0.15, 0.2) is 51.4 Å². The molecule has 2 aromatic rings. The van der Waals surface area contributed by atoms with Crippen molar-refractivity contribution in [3.05, 3.63) is 53.4 Å². The second kappa shape index (κ2) is 16.1. The van der Waals surface area contributed by atoms with Gasteiger partial charge in [0.05, 0.1) is 42.0 Å². The number of carbonyl (C=O) groups excluding carboxylic acids is 2. The molecule has 0 saturated carbocycles. The predicted octanol–water partition coefficient (Wildman–Crippen LogP) is 3.32. The molecule has 196 valence electrons. The average molecular weight is 534 g/mol. The van der Waals surface area contributed by atoms with E-state index in [9.17, 15) is 9.59 Å². The highest BCUT2D eigenvalue weighted by atomic mass is 32.2. The molecule has 0 radical (unpaired) electrons. The van der Waals surface area contributed by atoms with Crippen molar-refractivity contribution < 1.29 is 19.1 Å². The van der Waals surface area contributed by atoms with Crippen molar-refractivity contribution in [3.63, 3.8) is 0 Å². The van der Waals surface area contributed by atoms with Crippen LogP contribution >= 0.6 is 23.1 Å². The van der Waals surface area contributed by atoms with Crippen molar-refractivity contribution >= 4 is 40.4 Å². The molecule has 0 bridgehead atoms. The summed E-state index contributed by atoms with van der Waals surface area (Å²) in [4.78, 5) is 30.8. The molecular weight excluding hydrogens is 498 g/mol. The molecule has 4 N–H and O–H groups in total. The summed E-state index contributed by atoms with van der Waals surface area (Å²) in [5.41, 5.74) is 7.36. The van der Waals surface area contributed by atoms with Gasteiger partial charge in [0.15, 0.2) is 11.4 Å². The number of ether oxygens (including phenoxy) is 2. The molecule has 0 spiro atoms. The Kier molecular flexibility index (Phi) is 13.2. The van der Waals surface area contributed by atoms with E-state index in [1.54, 1.807) is 24.4 Å². The number of methoxy groups -OCH3 is 1. The largest absolute Gasteiger partial charge is 0.496 e. The molecule has 3 rings (SSSR count). The number of anilines is 1. The second-order valence-corrected chi connectivity index (χ2v) is 10.2. The first kappa shape index (κ1) is 29.5. The van der Waals surface area contributed by atoms with Crippen molar-refractivity contribution in [2.24, 2.45) is 5.73 Å². The molecule has 1 aromatic heterocycles. The number of nitrogens with two attached hydrogens (primary N) is 1. The molecule has 2 heterocycles. The number of benzene rings is 1. The molecule has 1 saturated heterocycles. The number of carbonyl (C=O) groups is 2. The maximum Gasteiger partial charge on any atom is 0.273 e. The first-order valence-electron chi connectivity index (χ1n) is 11.6. The lowest BCUT2D eigenvalue weighted by Gasteiger charge is -2.21. The molecule has 0 atom stereocenters. The fraction of sp³-hybridized carbons (Fsp3) is 0.400. The van der Waals surface area contributed by atoms with Gasteiger partial charge in [-0.3, -0.25) is 14.9 Å². The highest BCUT2D eigenvalue weighted by Gasteiger charge is 2.13. The number of hydrogen-bond donors (Lipinski definition) is 3. The molecule has 1 aliphatic heterocycles. The zero-order valence-electron chi connectivity index (χ0n) is 21.2.